The molecule has 82 valence electrons. The Bertz CT molecular complexity index is 167. The van der Waals surface area contributed by atoms with Gasteiger partial charge in [0.15, 0.2) is 0 Å². The van der Waals surface area contributed by atoms with E-state index in [0.29, 0.717) is 6.54 Å². The molecule has 0 aromatic heterocycles. The van der Waals surface area contributed by atoms with Crippen LogP contribution in [0.25, 0.3) is 0 Å². The number of hydrogen-bond donors (Lipinski definition) is 2. The predicted octanol–water partition coefficient (Wildman–Crippen LogP) is 0.607. The second-order valence-corrected chi connectivity index (χ2v) is 4.09. The Morgan fingerprint density at radius 2 is 2.14 bits per heavy atom. The molecule has 1 heterocycles. The van der Waals surface area contributed by atoms with Gasteiger partial charge in [-0.1, -0.05) is 6.08 Å². The largest absolute Gasteiger partial charge is 0.390 e. The van der Waals surface area contributed by atoms with E-state index >= 15 is 0 Å². The van der Waals surface area contributed by atoms with Crippen molar-refractivity contribution >= 4 is 0 Å². The Morgan fingerprint density at radius 1 is 1.50 bits per heavy atom. The Kier molecular flexibility index (Phi) is 5.15. The van der Waals surface area contributed by atoms with Crippen LogP contribution in [0.15, 0.2) is 12.7 Å². The second-order valence-electron chi connectivity index (χ2n) is 4.09. The van der Waals surface area contributed by atoms with Gasteiger partial charge in [-0.3, -0.25) is 0 Å². The maximum atomic E-state index is 9.72. The molecule has 2 unspecified atom stereocenters. The summed E-state index contributed by atoms with van der Waals surface area (Å²) >= 11 is 0. The van der Waals surface area contributed by atoms with Crippen molar-refractivity contribution in [3.8, 4) is 0 Å². The lowest BCUT2D eigenvalue weighted by Crippen LogP contribution is -2.39. The molecular weight excluding hydrogens is 176 g/mol. The van der Waals surface area contributed by atoms with E-state index in [9.17, 15) is 5.11 Å². The Labute approximate surface area is 86.8 Å². The first-order valence-electron chi connectivity index (χ1n) is 5.48. The third kappa shape index (κ3) is 4.22. The Balaban J connectivity index is 2.08. The molecular formula is C11H22N2O. The topological polar surface area (TPSA) is 35.5 Å². The molecule has 0 aliphatic carbocycles. The van der Waals surface area contributed by atoms with E-state index in [1.165, 1.54) is 12.8 Å². The van der Waals surface area contributed by atoms with Crippen LogP contribution in [-0.2, 0) is 0 Å². The zero-order valence-corrected chi connectivity index (χ0v) is 9.08. The summed E-state index contributed by atoms with van der Waals surface area (Å²) in [6.45, 7) is 9.48. The molecule has 0 aromatic rings. The summed E-state index contributed by atoms with van der Waals surface area (Å²) in [7, 11) is 0. The lowest BCUT2D eigenvalue weighted by atomic mass is 10.3. The fourth-order valence-corrected chi connectivity index (χ4v) is 1.73. The van der Waals surface area contributed by atoms with Crippen molar-refractivity contribution in [2.45, 2.75) is 31.9 Å². The lowest BCUT2D eigenvalue weighted by Gasteiger charge is -2.20. The average molecular weight is 198 g/mol. The van der Waals surface area contributed by atoms with Gasteiger partial charge in [-0.15, -0.1) is 6.58 Å². The highest BCUT2D eigenvalue weighted by molar-refractivity contribution is 4.82. The van der Waals surface area contributed by atoms with Crippen LogP contribution in [0.2, 0.25) is 0 Å². The van der Waals surface area contributed by atoms with Gasteiger partial charge in [0.25, 0.3) is 0 Å². The summed E-state index contributed by atoms with van der Waals surface area (Å²) in [6.07, 6.45) is 4.16. The molecule has 1 saturated heterocycles. The number of aliphatic hydroxyl groups is 1. The molecule has 2 N–H and O–H groups in total. The monoisotopic (exact) mass is 198 g/mol. The number of nitrogens with one attached hydrogen (secondary N) is 1. The molecule has 0 radical (unpaired) electrons. The van der Waals surface area contributed by atoms with E-state index in [0.717, 1.165) is 19.6 Å². The molecule has 3 nitrogen and oxygen atoms in total. The Hall–Kier alpha value is -0.380. The van der Waals surface area contributed by atoms with Crippen LogP contribution in [-0.4, -0.2) is 48.3 Å². The van der Waals surface area contributed by atoms with Crippen molar-refractivity contribution in [3.63, 3.8) is 0 Å². The van der Waals surface area contributed by atoms with Crippen molar-refractivity contribution in [1.29, 1.82) is 0 Å². The van der Waals surface area contributed by atoms with Gasteiger partial charge >= 0.3 is 0 Å². The smallest absolute Gasteiger partial charge is 0.0791 e. The van der Waals surface area contributed by atoms with Gasteiger partial charge in [0, 0.05) is 19.1 Å². The number of β-amino-alcohol motifs (C(OH)–C–C–N with tert-alkyl or cyclic N) is 1. The molecule has 0 aromatic carbocycles. The molecule has 0 saturated carbocycles. The highest BCUT2D eigenvalue weighted by atomic mass is 16.3. The minimum Gasteiger partial charge on any atom is -0.390 e. The zero-order valence-electron chi connectivity index (χ0n) is 9.08. The molecule has 14 heavy (non-hydrogen) atoms. The number of rotatable bonds is 6. The van der Waals surface area contributed by atoms with Crippen molar-refractivity contribution in [2.24, 2.45) is 0 Å². The molecule has 0 spiro atoms. The van der Waals surface area contributed by atoms with Gasteiger partial charge in [-0.2, -0.15) is 0 Å². The highest BCUT2D eigenvalue weighted by Gasteiger charge is 2.15. The van der Waals surface area contributed by atoms with Gasteiger partial charge in [0.2, 0.25) is 0 Å². The number of hydrogen-bond acceptors (Lipinski definition) is 3. The van der Waals surface area contributed by atoms with E-state index < -0.39 is 0 Å². The van der Waals surface area contributed by atoms with E-state index in [1.807, 2.05) is 13.0 Å². The Morgan fingerprint density at radius 3 is 2.71 bits per heavy atom. The summed E-state index contributed by atoms with van der Waals surface area (Å²) in [5.41, 5.74) is 0. The maximum Gasteiger partial charge on any atom is 0.0791 e. The van der Waals surface area contributed by atoms with E-state index in [4.69, 9.17) is 0 Å². The van der Waals surface area contributed by atoms with Crippen molar-refractivity contribution in [1.82, 2.24) is 10.2 Å². The third-order valence-corrected chi connectivity index (χ3v) is 2.70. The maximum absolute atomic E-state index is 9.72. The standard InChI is InChI=1S/C11H22N2O/c1-3-10(2)12-8-11(14)9-13-6-4-5-7-13/h3,10-12,14H,1,4-9H2,2H3. The summed E-state index contributed by atoms with van der Waals surface area (Å²) < 4.78 is 0. The van der Waals surface area contributed by atoms with Gasteiger partial charge in [0.05, 0.1) is 6.10 Å². The lowest BCUT2D eigenvalue weighted by molar-refractivity contribution is 0.122. The summed E-state index contributed by atoms with van der Waals surface area (Å²) in [5, 5.41) is 12.9. The minimum atomic E-state index is -0.254. The molecule has 1 fully saturated rings. The first-order valence-corrected chi connectivity index (χ1v) is 5.48. The van der Waals surface area contributed by atoms with Crippen LogP contribution in [0.4, 0.5) is 0 Å². The van der Waals surface area contributed by atoms with Crippen molar-refractivity contribution in [3.05, 3.63) is 12.7 Å². The highest BCUT2D eigenvalue weighted by Crippen LogP contribution is 2.07. The summed E-state index contributed by atoms with van der Waals surface area (Å²) in [6, 6.07) is 0.281. The van der Waals surface area contributed by atoms with Crippen LogP contribution in [0.3, 0.4) is 0 Å². The summed E-state index contributed by atoms with van der Waals surface area (Å²) in [5.74, 6) is 0. The molecule has 0 amide bonds. The normalized spacial score (nSPS) is 22.1. The van der Waals surface area contributed by atoms with Gasteiger partial charge in [-0.25, -0.2) is 0 Å². The van der Waals surface area contributed by atoms with Crippen LogP contribution >= 0.6 is 0 Å². The first kappa shape index (κ1) is 11.7. The number of aliphatic hydroxyl groups excluding tert-OH is 1. The fraction of sp³-hybridized carbons (Fsp3) is 0.818. The number of nitrogens with zero attached hydrogens (tertiary/aromatic N) is 1. The molecule has 1 rings (SSSR count). The molecule has 2 atom stereocenters. The third-order valence-electron chi connectivity index (χ3n) is 2.70. The molecule has 1 aliphatic heterocycles. The minimum absolute atomic E-state index is 0.254. The van der Waals surface area contributed by atoms with Crippen molar-refractivity contribution in [2.75, 3.05) is 26.2 Å². The number of likely N-dealkylation sites (tertiary alicyclic amines) is 1. The quantitative estimate of drug-likeness (QED) is 0.614. The zero-order chi connectivity index (χ0) is 10.4. The second kappa shape index (κ2) is 6.17. The van der Waals surface area contributed by atoms with Crippen LogP contribution in [0.1, 0.15) is 19.8 Å². The van der Waals surface area contributed by atoms with Crippen LogP contribution in [0, 0.1) is 0 Å². The summed E-state index contributed by atoms with van der Waals surface area (Å²) in [4.78, 5) is 2.32. The van der Waals surface area contributed by atoms with E-state index in [-0.39, 0.29) is 12.1 Å². The van der Waals surface area contributed by atoms with Crippen molar-refractivity contribution < 1.29 is 5.11 Å². The SMILES string of the molecule is C=CC(C)NCC(O)CN1CCCC1. The fourth-order valence-electron chi connectivity index (χ4n) is 1.73. The molecule has 1 aliphatic rings. The predicted molar refractivity (Wildman–Crippen MR) is 59.3 cm³/mol. The molecule has 0 bridgehead atoms. The van der Waals surface area contributed by atoms with E-state index in [1.54, 1.807) is 0 Å². The van der Waals surface area contributed by atoms with Gasteiger partial charge in [0.1, 0.15) is 0 Å². The van der Waals surface area contributed by atoms with Crippen LogP contribution < -0.4 is 5.32 Å². The van der Waals surface area contributed by atoms with Gasteiger partial charge in [-0.05, 0) is 32.9 Å². The average Bonchev–Trinajstić information content (AvgIpc) is 2.66. The molecule has 3 heteroatoms. The van der Waals surface area contributed by atoms with Crippen LogP contribution in [0.5, 0.6) is 0 Å². The first-order chi connectivity index (χ1) is 6.72. The van der Waals surface area contributed by atoms with Gasteiger partial charge < -0.3 is 15.3 Å². The van der Waals surface area contributed by atoms with E-state index in [2.05, 4.69) is 16.8 Å².